The number of benzene rings is 1. The molecule has 1 aromatic carbocycles. The maximum atomic E-state index is 11.3. The van der Waals surface area contributed by atoms with Crippen molar-refractivity contribution in [2.24, 2.45) is 5.92 Å². The zero-order chi connectivity index (χ0) is 10.1. The molecule has 0 saturated carbocycles. The number of nitrogens with one attached hydrogen (secondary N) is 1. The number of rotatable bonds is 1. The number of carbonyl (C=O) groups excluding carboxylic acids is 1. The van der Waals surface area contributed by atoms with Crippen molar-refractivity contribution >= 4 is 5.91 Å². The summed E-state index contributed by atoms with van der Waals surface area (Å²) in [5.41, 5.74) is 2.53. The molecular formula is C12H15NO. The minimum absolute atomic E-state index is 0.109. The fourth-order valence-electron chi connectivity index (χ4n) is 1.95. The fourth-order valence-corrected chi connectivity index (χ4v) is 1.95. The molecule has 1 aliphatic heterocycles. The van der Waals surface area contributed by atoms with Gasteiger partial charge in [-0.25, -0.2) is 0 Å². The van der Waals surface area contributed by atoms with Crippen molar-refractivity contribution in [2.45, 2.75) is 19.8 Å². The van der Waals surface area contributed by atoms with Crippen LogP contribution in [0.25, 0.3) is 0 Å². The van der Waals surface area contributed by atoms with Crippen LogP contribution < -0.4 is 5.32 Å². The van der Waals surface area contributed by atoms with E-state index in [9.17, 15) is 4.79 Å². The van der Waals surface area contributed by atoms with Gasteiger partial charge < -0.3 is 5.32 Å². The molecule has 2 nitrogen and oxygen atoms in total. The first-order valence-corrected chi connectivity index (χ1v) is 5.03. The molecule has 2 rings (SSSR count). The highest BCUT2D eigenvalue weighted by Crippen LogP contribution is 2.28. The van der Waals surface area contributed by atoms with Crippen LogP contribution in [0.3, 0.4) is 0 Å². The molecule has 14 heavy (non-hydrogen) atoms. The number of carbonyl (C=O) groups is 1. The van der Waals surface area contributed by atoms with E-state index in [1.165, 1.54) is 11.1 Å². The molecule has 74 valence electrons. The highest BCUT2D eigenvalue weighted by atomic mass is 16.2. The Morgan fingerprint density at radius 2 is 1.93 bits per heavy atom. The molecule has 0 aromatic heterocycles. The Balaban J connectivity index is 2.23. The minimum atomic E-state index is 0.109. The minimum Gasteiger partial charge on any atom is -0.355 e. The first kappa shape index (κ1) is 9.25. The van der Waals surface area contributed by atoms with Crippen LogP contribution in [-0.2, 0) is 4.79 Å². The summed E-state index contributed by atoms with van der Waals surface area (Å²) in [6.07, 6.45) is 0. The topological polar surface area (TPSA) is 29.1 Å². The van der Waals surface area contributed by atoms with Crippen molar-refractivity contribution in [3.8, 4) is 0 Å². The summed E-state index contributed by atoms with van der Waals surface area (Å²) in [6.45, 7) is 4.85. The molecule has 1 heterocycles. The monoisotopic (exact) mass is 189 g/mol. The highest BCUT2D eigenvalue weighted by molar-refractivity contribution is 5.81. The van der Waals surface area contributed by atoms with Crippen molar-refractivity contribution in [1.82, 2.24) is 5.32 Å². The quantitative estimate of drug-likeness (QED) is 0.717. The van der Waals surface area contributed by atoms with Gasteiger partial charge in [-0.15, -0.1) is 0 Å². The summed E-state index contributed by atoms with van der Waals surface area (Å²) in [5, 5.41) is 2.89. The molecule has 1 aliphatic rings. The van der Waals surface area contributed by atoms with E-state index in [2.05, 4.69) is 36.5 Å². The van der Waals surface area contributed by atoms with Gasteiger partial charge in [0.05, 0.1) is 0 Å². The summed E-state index contributed by atoms with van der Waals surface area (Å²) in [7, 11) is 0. The van der Waals surface area contributed by atoms with Crippen LogP contribution in [0.2, 0.25) is 0 Å². The maximum absolute atomic E-state index is 11.3. The summed E-state index contributed by atoms with van der Waals surface area (Å²) in [5.74, 6) is 0.636. The van der Waals surface area contributed by atoms with Gasteiger partial charge in [-0.05, 0) is 12.5 Å². The van der Waals surface area contributed by atoms with Gasteiger partial charge in [-0.2, -0.15) is 0 Å². The number of hydrogen-bond acceptors (Lipinski definition) is 1. The van der Waals surface area contributed by atoms with Crippen LogP contribution in [0.5, 0.6) is 0 Å². The Hall–Kier alpha value is -1.31. The van der Waals surface area contributed by atoms with Crippen LogP contribution >= 0.6 is 0 Å². The van der Waals surface area contributed by atoms with Gasteiger partial charge in [-0.3, -0.25) is 4.79 Å². The third-order valence-electron chi connectivity index (χ3n) is 3.02. The van der Waals surface area contributed by atoms with Crippen LogP contribution in [0.1, 0.15) is 24.0 Å². The Labute approximate surface area is 84.3 Å². The molecule has 0 spiro atoms. The van der Waals surface area contributed by atoms with Gasteiger partial charge in [0.25, 0.3) is 0 Å². The average Bonchev–Trinajstić information content (AvgIpc) is 2.50. The Kier molecular flexibility index (Phi) is 2.28. The second-order valence-corrected chi connectivity index (χ2v) is 4.05. The molecule has 1 N–H and O–H groups in total. The standard InChI is InChI=1S/C12H15NO/c1-8-3-5-10(6-4-8)11-7-13-12(14)9(11)2/h3-6,9,11H,7H2,1-2H3,(H,13,14)/t9-,11+/m0/s1. The molecule has 2 atom stereocenters. The van der Waals surface area contributed by atoms with E-state index in [-0.39, 0.29) is 11.8 Å². The van der Waals surface area contributed by atoms with Gasteiger partial charge in [0.15, 0.2) is 0 Å². The summed E-state index contributed by atoms with van der Waals surface area (Å²) in [4.78, 5) is 11.3. The smallest absolute Gasteiger partial charge is 0.223 e. The Bertz CT molecular complexity index is 342. The molecular weight excluding hydrogens is 174 g/mol. The third-order valence-corrected chi connectivity index (χ3v) is 3.02. The lowest BCUT2D eigenvalue weighted by Crippen LogP contribution is -2.16. The molecule has 2 heteroatoms. The SMILES string of the molecule is Cc1ccc([C@@H]2CNC(=O)[C@H]2C)cc1. The van der Waals surface area contributed by atoms with Crippen molar-refractivity contribution in [3.63, 3.8) is 0 Å². The van der Waals surface area contributed by atoms with Gasteiger partial charge in [0.1, 0.15) is 0 Å². The first-order valence-electron chi connectivity index (χ1n) is 5.03. The van der Waals surface area contributed by atoms with E-state index in [4.69, 9.17) is 0 Å². The molecule has 0 bridgehead atoms. The van der Waals surface area contributed by atoms with Crippen molar-refractivity contribution < 1.29 is 4.79 Å². The van der Waals surface area contributed by atoms with Crippen molar-refractivity contribution in [2.75, 3.05) is 6.54 Å². The third kappa shape index (κ3) is 1.52. The molecule has 0 aliphatic carbocycles. The molecule has 1 saturated heterocycles. The van der Waals surface area contributed by atoms with Crippen LogP contribution in [-0.4, -0.2) is 12.5 Å². The maximum Gasteiger partial charge on any atom is 0.223 e. The Morgan fingerprint density at radius 1 is 1.29 bits per heavy atom. The van der Waals surface area contributed by atoms with E-state index in [0.717, 1.165) is 6.54 Å². The van der Waals surface area contributed by atoms with Crippen molar-refractivity contribution in [3.05, 3.63) is 35.4 Å². The zero-order valence-corrected chi connectivity index (χ0v) is 8.58. The molecule has 0 unspecified atom stereocenters. The number of amides is 1. The van der Waals surface area contributed by atoms with Gasteiger partial charge in [0.2, 0.25) is 5.91 Å². The normalized spacial score (nSPS) is 26.3. The lowest BCUT2D eigenvalue weighted by atomic mass is 9.90. The molecule has 1 fully saturated rings. The molecule has 1 amide bonds. The number of aryl methyl sites for hydroxylation is 1. The largest absolute Gasteiger partial charge is 0.355 e. The lowest BCUT2D eigenvalue weighted by molar-refractivity contribution is -0.122. The predicted octanol–water partition coefficient (Wildman–Crippen LogP) is 1.84. The van der Waals surface area contributed by atoms with Crippen molar-refractivity contribution in [1.29, 1.82) is 0 Å². The lowest BCUT2D eigenvalue weighted by Gasteiger charge is -2.12. The average molecular weight is 189 g/mol. The van der Waals surface area contributed by atoms with Gasteiger partial charge >= 0.3 is 0 Å². The second-order valence-electron chi connectivity index (χ2n) is 4.05. The van der Waals surface area contributed by atoms with E-state index in [1.54, 1.807) is 0 Å². The summed E-state index contributed by atoms with van der Waals surface area (Å²) < 4.78 is 0. The highest BCUT2D eigenvalue weighted by Gasteiger charge is 2.31. The van der Waals surface area contributed by atoms with E-state index in [1.807, 2.05) is 6.92 Å². The Morgan fingerprint density at radius 3 is 2.43 bits per heavy atom. The fraction of sp³-hybridized carbons (Fsp3) is 0.417. The zero-order valence-electron chi connectivity index (χ0n) is 8.58. The van der Waals surface area contributed by atoms with E-state index in [0.29, 0.717) is 5.92 Å². The van der Waals surface area contributed by atoms with Gasteiger partial charge in [0, 0.05) is 18.4 Å². The van der Waals surface area contributed by atoms with Crippen LogP contribution in [0.15, 0.2) is 24.3 Å². The summed E-state index contributed by atoms with van der Waals surface area (Å²) >= 11 is 0. The van der Waals surface area contributed by atoms with Gasteiger partial charge in [-0.1, -0.05) is 36.8 Å². The summed E-state index contributed by atoms with van der Waals surface area (Å²) in [6, 6.07) is 8.45. The van der Waals surface area contributed by atoms with Crippen LogP contribution in [0, 0.1) is 12.8 Å². The predicted molar refractivity (Wildman–Crippen MR) is 56.1 cm³/mol. The first-order chi connectivity index (χ1) is 6.68. The van der Waals surface area contributed by atoms with Crippen LogP contribution in [0.4, 0.5) is 0 Å². The number of hydrogen-bond donors (Lipinski definition) is 1. The van der Waals surface area contributed by atoms with E-state index < -0.39 is 0 Å². The molecule has 0 radical (unpaired) electrons. The second kappa shape index (κ2) is 3.45. The van der Waals surface area contributed by atoms with E-state index >= 15 is 0 Å². The molecule has 1 aromatic rings.